The quantitative estimate of drug-likeness (QED) is 0.152. The van der Waals surface area contributed by atoms with Gasteiger partial charge in [0.15, 0.2) is 0 Å². The highest BCUT2D eigenvalue weighted by Crippen LogP contribution is 2.45. The first-order chi connectivity index (χ1) is 33.2. The minimum absolute atomic E-state index is 0.876. The van der Waals surface area contributed by atoms with E-state index in [1.54, 1.807) is 0 Å². The fourth-order valence-electron chi connectivity index (χ4n) is 10.3. The summed E-state index contributed by atoms with van der Waals surface area (Å²) in [4.78, 5) is 2.38. The van der Waals surface area contributed by atoms with Gasteiger partial charge in [-0.1, -0.05) is 188 Å². The maximum absolute atomic E-state index is 6.64. The van der Waals surface area contributed by atoms with Crippen molar-refractivity contribution >= 4 is 71.6 Å². The molecule has 13 rings (SSSR count). The first-order valence-corrected chi connectivity index (χ1v) is 22.9. The molecule has 3 nitrogen and oxygen atoms in total. The van der Waals surface area contributed by atoms with Gasteiger partial charge in [-0.3, -0.25) is 0 Å². The van der Waals surface area contributed by atoms with Gasteiger partial charge < -0.3 is 13.9 Å². The number of nitrogens with zero attached hydrogens (tertiary/aromatic N) is 2. The lowest BCUT2D eigenvalue weighted by molar-refractivity contribution is 0.670. The highest BCUT2D eigenvalue weighted by atomic mass is 16.3. The molecule has 3 heteroatoms. The van der Waals surface area contributed by atoms with E-state index >= 15 is 0 Å². The van der Waals surface area contributed by atoms with E-state index in [1.165, 1.54) is 54.8 Å². The summed E-state index contributed by atoms with van der Waals surface area (Å²) in [6.45, 7) is 0. The van der Waals surface area contributed by atoms with E-state index in [0.29, 0.717) is 0 Å². The molecule has 0 bridgehead atoms. The summed E-state index contributed by atoms with van der Waals surface area (Å²) in [5, 5.41) is 7.18. The molecular formula is C64H42N2O. The van der Waals surface area contributed by atoms with Crippen LogP contribution in [0.3, 0.4) is 0 Å². The number of aromatic nitrogens is 1. The van der Waals surface area contributed by atoms with Crippen LogP contribution in [0.1, 0.15) is 0 Å². The van der Waals surface area contributed by atoms with E-state index in [4.69, 9.17) is 4.42 Å². The predicted octanol–water partition coefficient (Wildman–Crippen LogP) is 18.0. The summed E-state index contributed by atoms with van der Waals surface area (Å²) in [7, 11) is 0. The van der Waals surface area contributed by atoms with Gasteiger partial charge in [-0.15, -0.1) is 0 Å². The molecule has 0 saturated carbocycles. The van der Waals surface area contributed by atoms with Gasteiger partial charge in [0.25, 0.3) is 0 Å². The number of para-hydroxylation sites is 3. The van der Waals surface area contributed by atoms with Crippen molar-refractivity contribution in [2.24, 2.45) is 0 Å². The van der Waals surface area contributed by atoms with Crippen LogP contribution in [0.2, 0.25) is 0 Å². The number of hydrogen-bond donors (Lipinski definition) is 0. The molecule has 2 aromatic heterocycles. The van der Waals surface area contributed by atoms with Crippen LogP contribution in [0.4, 0.5) is 17.1 Å². The monoisotopic (exact) mass is 854 g/mol. The fraction of sp³-hybridized carbons (Fsp3) is 0. The lowest BCUT2D eigenvalue weighted by Gasteiger charge is -2.27. The van der Waals surface area contributed by atoms with E-state index in [2.05, 4.69) is 258 Å². The Balaban J connectivity index is 0.936. The van der Waals surface area contributed by atoms with Gasteiger partial charge in [0.05, 0.1) is 11.0 Å². The second kappa shape index (κ2) is 16.0. The molecule has 0 N–H and O–H groups in total. The molecule has 0 aliphatic heterocycles. The Hall–Kier alpha value is -8.92. The Morgan fingerprint density at radius 1 is 0.313 bits per heavy atom. The van der Waals surface area contributed by atoms with Gasteiger partial charge in [-0.2, -0.15) is 0 Å². The molecule has 0 saturated heterocycles. The maximum Gasteiger partial charge on any atom is 0.143 e. The summed E-state index contributed by atoms with van der Waals surface area (Å²) >= 11 is 0. The maximum atomic E-state index is 6.64. The summed E-state index contributed by atoms with van der Waals surface area (Å²) < 4.78 is 9.01. The summed E-state index contributed by atoms with van der Waals surface area (Å²) in [5.41, 5.74) is 17.8. The molecule has 0 fully saturated rings. The van der Waals surface area contributed by atoms with Crippen molar-refractivity contribution in [1.82, 2.24) is 4.57 Å². The Labute approximate surface area is 388 Å². The molecule has 314 valence electrons. The number of rotatable bonds is 8. The number of anilines is 3. The van der Waals surface area contributed by atoms with E-state index in [0.717, 1.165) is 66.9 Å². The SMILES string of the molecule is c1ccc(-c2cc(N(c3ccc(-c4ccc(-n5c6ccccc6c6ccccc65)cc4)cc3)c3ccc(-c4cccc5cccc(-c6ccccc6)c45)cc3)cc3c2oc2ccccc23)cc1. The van der Waals surface area contributed by atoms with Gasteiger partial charge in [0.1, 0.15) is 11.2 Å². The van der Waals surface area contributed by atoms with Crippen LogP contribution in [0.25, 0.3) is 105 Å². The second-order valence-electron chi connectivity index (χ2n) is 17.3. The summed E-state index contributed by atoms with van der Waals surface area (Å²) in [6.07, 6.45) is 0. The minimum Gasteiger partial charge on any atom is -0.455 e. The minimum atomic E-state index is 0.876. The Kier molecular flexibility index (Phi) is 9.17. The smallest absolute Gasteiger partial charge is 0.143 e. The molecule has 13 aromatic rings. The van der Waals surface area contributed by atoms with Crippen LogP contribution < -0.4 is 4.90 Å². The summed E-state index contributed by atoms with van der Waals surface area (Å²) in [5.74, 6) is 0. The van der Waals surface area contributed by atoms with Crippen LogP contribution in [0.5, 0.6) is 0 Å². The molecule has 0 aliphatic rings. The normalized spacial score (nSPS) is 11.6. The van der Waals surface area contributed by atoms with Crippen molar-refractivity contribution in [3.63, 3.8) is 0 Å². The average molecular weight is 855 g/mol. The van der Waals surface area contributed by atoms with Crippen LogP contribution in [0, 0.1) is 0 Å². The van der Waals surface area contributed by atoms with Crippen molar-refractivity contribution in [2.45, 2.75) is 0 Å². The third kappa shape index (κ3) is 6.59. The number of benzene rings is 11. The number of furan rings is 1. The second-order valence-corrected chi connectivity index (χ2v) is 17.3. The molecule has 11 aromatic carbocycles. The Bertz CT molecular complexity index is 3880. The molecule has 0 radical (unpaired) electrons. The number of fused-ring (bicyclic) bond motifs is 7. The number of hydrogen-bond acceptors (Lipinski definition) is 2. The van der Waals surface area contributed by atoms with Crippen molar-refractivity contribution in [2.75, 3.05) is 4.90 Å². The van der Waals surface area contributed by atoms with Crippen LogP contribution in [-0.4, -0.2) is 4.57 Å². The lowest BCUT2D eigenvalue weighted by Crippen LogP contribution is -2.10. The Morgan fingerprint density at radius 2 is 0.791 bits per heavy atom. The first kappa shape index (κ1) is 38.5. The zero-order valence-corrected chi connectivity index (χ0v) is 36.6. The van der Waals surface area contributed by atoms with Crippen molar-refractivity contribution < 1.29 is 4.42 Å². The predicted molar refractivity (Wildman–Crippen MR) is 282 cm³/mol. The van der Waals surface area contributed by atoms with Gasteiger partial charge in [-0.05, 0) is 116 Å². The third-order valence-electron chi connectivity index (χ3n) is 13.4. The van der Waals surface area contributed by atoms with Crippen LogP contribution >= 0.6 is 0 Å². The molecule has 0 amide bonds. The molecule has 67 heavy (non-hydrogen) atoms. The van der Waals surface area contributed by atoms with Gasteiger partial charge in [-0.25, -0.2) is 0 Å². The lowest BCUT2D eigenvalue weighted by atomic mass is 9.91. The van der Waals surface area contributed by atoms with Crippen LogP contribution in [-0.2, 0) is 0 Å². The molecule has 0 spiro atoms. The summed E-state index contributed by atoms with van der Waals surface area (Å²) in [6, 6.07) is 91.8. The standard InChI is InChI=1S/C64H42N2O/c1-3-15-45(16-4-1)53-24-13-19-48-20-14-25-54(63(48)53)47-33-39-50(40-34-47)65(52-41-58(46-17-5-2-6-18-46)64-59(42-52)57-23-9-12-28-62(57)67-64)49-35-29-43(30-36-49)44-31-37-51(38-32-44)66-60-26-10-7-21-55(60)56-22-8-11-27-61(56)66/h1-42H. The average Bonchev–Trinajstić information content (AvgIpc) is 3.95. The molecule has 0 aliphatic carbocycles. The van der Waals surface area contributed by atoms with Crippen molar-refractivity contribution in [1.29, 1.82) is 0 Å². The topological polar surface area (TPSA) is 21.3 Å². The Morgan fingerprint density at radius 3 is 1.39 bits per heavy atom. The van der Waals surface area contributed by atoms with E-state index in [1.807, 2.05) is 6.07 Å². The van der Waals surface area contributed by atoms with E-state index in [-0.39, 0.29) is 0 Å². The van der Waals surface area contributed by atoms with E-state index < -0.39 is 0 Å². The van der Waals surface area contributed by atoms with Crippen molar-refractivity contribution in [3.8, 4) is 50.2 Å². The van der Waals surface area contributed by atoms with Gasteiger partial charge in [0, 0.05) is 49.9 Å². The molecule has 0 unspecified atom stereocenters. The highest BCUT2D eigenvalue weighted by molar-refractivity contribution is 6.12. The van der Waals surface area contributed by atoms with Crippen LogP contribution in [0.15, 0.2) is 259 Å². The largest absolute Gasteiger partial charge is 0.455 e. The molecular weight excluding hydrogens is 813 g/mol. The first-order valence-electron chi connectivity index (χ1n) is 22.9. The van der Waals surface area contributed by atoms with Crippen molar-refractivity contribution in [3.05, 3.63) is 255 Å². The zero-order chi connectivity index (χ0) is 44.3. The molecule has 2 heterocycles. The van der Waals surface area contributed by atoms with Gasteiger partial charge in [0.2, 0.25) is 0 Å². The fourth-order valence-corrected chi connectivity index (χ4v) is 10.3. The third-order valence-corrected chi connectivity index (χ3v) is 13.4. The van der Waals surface area contributed by atoms with E-state index in [9.17, 15) is 0 Å². The van der Waals surface area contributed by atoms with Gasteiger partial charge >= 0.3 is 0 Å². The zero-order valence-electron chi connectivity index (χ0n) is 36.6. The highest BCUT2D eigenvalue weighted by Gasteiger charge is 2.21. The molecule has 0 atom stereocenters.